The van der Waals surface area contributed by atoms with Gasteiger partial charge in [-0.3, -0.25) is 0 Å². The second kappa shape index (κ2) is 15.7. The van der Waals surface area contributed by atoms with E-state index in [0.717, 1.165) is 35.5 Å². The Kier molecular flexibility index (Phi) is 12.9. The SMILES string of the molecule is CC(C)(c1ccccc1OCCCOCCCO)c1ccccc1OCCCOCCCO. The summed E-state index contributed by atoms with van der Waals surface area (Å²) in [6.07, 6.45) is 2.91. The molecule has 0 saturated heterocycles. The molecule has 6 nitrogen and oxygen atoms in total. The molecular weight excluding hydrogens is 420 g/mol. The van der Waals surface area contributed by atoms with Gasteiger partial charge in [-0.05, 0) is 25.0 Å². The fourth-order valence-corrected chi connectivity index (χ4v) is 3.59. The van der Waals surface area contributed by atoms with Crippen LogP contribution in [0.2, 0.25) is 0 Å². The van der Waals surface area contributed by atoms with Crippen LogP contribution in [0.5, 0.6) is 11.5 Å². The molecule has 33 heavy (non-hydrogen) atoms. The lowest BCUT2D eigenvalue weighted by Crippen LogP contribution is -2.22. The summed E-state index contributed by atoms with van der Waals surface area (Å²) >= 11 is 0. The molecule has 0 aromatic heterocycles. The van der Waals surface area contributed by atoms with Gasteiger partial charge >= 0.3 is 0 Å². The highest BCUT2D eigenvalue weighted by molar-refractivity contribution is 5.50. The van der Waals surface area contributed by atoms with Gasteiger partial charge in [-0.2, -0.15) is 0 Å². The van der Waals surface area contributed by atoms with Gasteiger partial charge < -0.3 is 29.2 Å². The van der Waals surface area contributed by atoms with Gasteiger partial charge in [0.2, 0.25) is 0 Å². The third-order valence-electron chi connectivity index (χ3n) is 5.40. The number of hydrogen-bond acceptors (Lipinski definition) is 6. The quantitative estimate of drug-likeness (QED) is 0.322. The van der Waals surface area contributed by atoms with Gasteiger partial charge in [0.05, 0.1) is 13.2 Å². The molecule has 0 aliphatic carbocycles. The number of hydrogen-bond donors (Lipinski definition) is 2. The first-order valence-electron chi connectivity index (χ1n) is 11.9. The highest BCUT2D eigenvalue weighted by Crippen LogP contribution is 2.41. The second-order valence-electron chi connectivity index (χ2n) is 8.40. The molecule has 0 saturated carbocycles. The van der Waals surface area contributed by atoms with Crippen LogP contribution in [-0.4, -0.2) is 63.1 Å². The van der Waals surface area contributed by atoms with Crippen molar-refractivity contribution in [2.24, 2.45) is 0 Å². The van der Waals surface area contributed by atoms with E-state index in [4.69, 9.17) is 29.2 Å². The van der Waals surface area contributed by atoms with Crippen molar-refractivity contribution < 1.29 is 29.2 Å². The maximum Gasteiger partial charge on any atom is 0.123 e. The number of aliphatic hydroxyl groups excluding tert-OH is 2. The minimum Gasteiger partial charge on any atom is -0.493 e. The van der Waals surface area contributed by atoms with Gasteiger partial charge in [-0.1, -0.05) is 50.2 Å². The highest BCUT2D eigenvalue weighted by Gasteiger charge is 2.29. The highest BCUT2D eigenvalue weighted by atomic mass is 16.5. The average Bonchev–Trinajstić information content (AvgIpc) is 2.83. The Bertz CT molecular complexity index is 713. The third-order valence-corrected chi connectivity index (χ3v) is 5.40. The molecule has 0 unspecified atom stereocenters. The normalized spacial score (nSPS) is 11.5. The van der Waals surface area contributed by atoms with Crippen molar-refractivity contribution in [1.82, 2.24) is 0 Å². The summed E-state index contributed by atoms with van der Waals surface area (Å²) in [6.45, 7) is 8.21. The first-order chi connectivity index (χ1) is 16.1. The molecule has 2 aromatic rings. The van der Waals surface area contributed by atoms with Crippen molar-refractivity contribution in [1.29, 1.82) is 0 Å². The van der Waals surface area contributed by atoms with E-state index >= 15 is 0 Å². The van der Waals surface area contributed by atoms with Gasteiger partial charge in [0.1, 0.15) is 11.5 Å². The van der Waals surface area contributed by atoms with Gasteiger partial charge in [0.25, 0.3) is 0 Å². The maximum absolute atomic E-state index is 8.81. The molecule has 184 valence electrons. The molecule has 0 heterocycles. The Hall–Kier alpha value is -2.12. The lowest BCUT2D eigenvalue weighted by atomic mass is 9.77. The average molecular weight is 461 g/mol. The zero-order valence-electron chi connectivity index (χ0n) is 20.1. The van der Waals surface area contributed by atoms with Crippen molar-refractivity contribution >= 4 is 0 Å². The predicted molar refractivity (Wildman–Crippen MR) is 130 cm³/mol. The summed E-state index contributed by atoms with van der Waals surface area (Å²) in [5.74, 6) is 1.73. The molecule has 6 heteroatoms. The molecule has 0 radical (unpaired) electrons. The van der Waals surface area contributed by atoms with Crippen molar-refractivity contribution in [2.45, 2.75) is 44.9 Å². The lowest BCUT2D eigenvalue weighted by Gasteiger charge is -2.30. The van der Waals surface area contributed by atoms with Crippen LogP contribution in [0.25, 0.3) is 0 Å². The molecule has 2 aromatic carbocycles. The lowest BCUT2D eigenvalue weighted by molar-refractivity contribution is 0.104. The Labute approximate surface area is 198 Å². The zero-order valence-corrected chi connectivity index (χ0v) is 20.1. The van der Waals surface area contributed by atoms with Crippen LogP contribution in [0.15, 0.2) is 48.5 Å². The largest absolute Gasteiger partial charge is 0.493 e. The molecule has 0 spiro atoms. The van der Waals surface area contributed by atoms with E-state index in [-0.39, 0.29) is 18.6 Å². The number of ether oxygens (including phenoxy) is 4. The van der Waals surface area contributed by atoms with E-state index in [2.05, 4.69) is 26.0 Å². The number of rotatable bonds is 18. The van der Waals surface area contributed by atoms with Crippen LogP contribution in [0.4, 0.5) is 0 Å². The van der Waals surface area contributed by atoms with Crippen LogP contribution in [-0.2, 0) is 14.9 Å². The summed E-state index contributed by atoms with van der Waals surface area (Å²) in [6, 6.07) is 16.3. The number of benzene rings is 2. The number of aliphatic hydroxyl groups is 2. The maximum atomic E-state index is 8.81. The van der Waals surface area contributed by atoms with Gasteiger partial charge in [0, 0.05) is 69.0 Å². The Balaban J connectivity index is 1.98. The molecule has 0 aliphatic rings. The topological polar surface area (TPSA) is 77.4 Å². The molecule has 2 rings (SSSR count). The predicted octanol–water partition coefficient (Wildman–Crippen LogP) is 4.35. The first-order valence-corrected chi connectivity index (χ1v) is 11.9. The minimum absolute atomic E-state index is 0.155. The van der Waals surface area contributed by atoms with E-state index in [1.165, 1.54) is 0 Å². The fraction of sp³-hybridized carbons (Fsp3) is 0.556. The molecule has 0 amide bonds. The smallest absolute Gasteiger partial charge is 0.123 e. The molecule has 0 bridgehead atoms. The molecule has 0 atom stereocenters. The molecular formula is C27H40O6. The molecule has 2 N–H and O–H groups in total. The van der Waals surface area contributed by atoms with Crippen LogP contribution >= 0.6 is 0 Å². The Morgan fingerprint density at radius 2 is 0.970 bits per heavy atom. The zero-order chi connectivity index (χ0) is 23.8. The van der Waals surface area contributed by atoms with E-state index in [9.17, 15) is 0 Å². The summed E-state index contributed by atoms with van der Waals surface area (Å²) in [7, 11) is 0. The Morgan fingerprint density at radius 1 is 0.576 bits per heavy atom. The summed E-state index contributed by atoms with van der Waals surface area (Å²) in [5, 5.41) is 17.6. The van der Waals surface area contributed by atoms with Crippen molar-refractivity contribution in [3.8, 4) is 11.5 Å². The molecule has 0 fully saturated rings. The molecule has 0 aliphatic heterocycles. The van der Waals surface area contributed by atoms with E-state index < -0.39 is 0 Å². The standard InChI is InChI=1S/C27H40O6/c1-27(2,23-11-3-5-13-25(23)32-21-9-19-30-17-7-15-28)24-12-4-6-14-26(24)33-22-10-20-31-18-8-16-29/h3-6,11-14,28-29H,7-10,15-22H2,1-2H3. The van der Waals surface area contributed by atoms with E-state index in [1.807, 2.05) is 36.4 Å². The van der Waals surface area contributed by atoms with Crippen LogP contribution in [0.3, 0.4) is 0 Å². The van der Waals surface area contributed by atoms with Crippen LogP contribution < -0.4 is 9.47 Å². The summed E-state index contributed by atoms with van der Waals surface area (Å²) in [4.78, 5) is 0. The van der Waals surface area contributed by atoms with E-state index in [0.29, 0.717) is 52.5 Å². The first kappa shape index (κ1) is 27.1. The van der Waals surface area contributed by atoms with Crippen LogP contribution in [0.1, 0.15) is 50.7 Å². The fourth-order valence-electron chi connectivity index (χ4n) is 3.59. The van der Waals surface area contributed by atoms with Gasteiger partial charge in [-0.15, -0.1) is 0 Å². The van der Waals surface area contributed by atoms with E-state index in [1.54, 1.807) is 0 Å². The van der Waals surface area contributed by atoms with Crippen LogP contribution in [0, 0.1) is 0 Å². The van der Waals surface area contributed by atoms with Crippen molar-refractivity contribution in [2.75, 3.05) is 52.9 Å². The number of para-hydroxylation sites is 2. The second-order valence-corrected chi connectivity index (χ2v) is 8.40. The third kappa shape index (κ3) is 9.33. The minimum atomic E-state index is -0.317. The van der Waals surface area contributed by atoms with Crippen molar-refractivity contribution in [3.05, 3.63) is 59.7 Å². The summed E-state index contributed by atoms with van der Waals surface area (Å²) < 4.78 is 23.2. The van der Waals surface area contributed by atoms with Crippen molar-refractivity contribution in [3.63, 3.8) is 0 Å². The summed E-state index contributed by atoms with van der Waals surface area (Å²) in [5.41, 5.74) is 1.90. The van der Waals surface area contributed by atoms with Gasteiger partial charge in [-0.25, -0.2) is 0 Å². The monoisotopic (exact) mass is 460 g/mol. The Morgan fingerprint density at radius 3 is 1.39 bits per heavy atom. The van der Waals surface area contributed by atoms with Gasteiger partial charge in [0.15, 0.2) is 0 Å².